The number of amides is 1. The highest BCUT2D eigenvalue weighted by molar-refractivity contribution is 6.01. The molecule has 0 radical (unpaired) electrons. The molecule has 7 nitrogen and oxygen atoms in total. The number of hydrogen-bond acceptors (Lipinski definition) is 5. The van der Waals surface area contributed by atoms with Crippen LogP contribution >= 0.6 is 0 Å². The molecular weight excluding hydrogens is 454 g/mol. The standard InChI is InChI=1S/C29H33N3O4/c33-24-7-1-2-8-25(24)36-26-9-5-6-22-19-31(29(34)28(22)26)18-20-11-13-21(14-12-20)23-15-16-30-32(23)27-10-3-4-17-35-27/h5-6,9,11-16,24-25,27,33H,1-4,7-8,10,17-19H2/t24-,25-,27?/m1/s1. The minimum Gasteiger partial charge on any atom is -0.487 e. The van der Waals surface area contributed by atoms with Gasteiger partial charge < -0.3 is 19.5 Å². The van der Waals surface area contributed by atoms with Gasteiger partial charge in [-0.3, -0.25) is 4.79 Å². The van der Waals surface area contributed by atoms with Gasteiger partial charge in [0.25, 0.3) is 5.91 Å². The predicted molar refractivity (Wildman–Crippen MR) is 135 cm³/mol. The number of fused-ring (bicyclic) bond motifs is 1. The highest BCUT2D eigenvalue weighted by atomic mass is 16.5. The molecule has 2 aliphatic heterocycles. The molecule has 2 fully saturated rings. The summed E-state index contributed by atoms with van der Waals surface area (Å²) in [5, 5.41) is 14.9. The summed E-state index contributed by atoms with van der Waals surface area (Å²) >= 11 is 0. The summed E-state index contributed by atoms with van der Waals surface area (Å²) in [6.45, 7) is 1.87. The van der Waals surface area contributed by atoms with Crippen molar-refractivity contribution in [2.75, 3.05) is 6.61 Å². The molecule has 1 saturated heterocycles. The summed E-state index contributed by atoms with van der Waals surface area (Å²) in [7, 11) is 0. The van der Waals surface area contributed by atoms with Gasteiger partial charge in [-0.1, -0.05) is 42.8 Å². The molecule has 3 atom stereocenters. The Hall–Kier alpha value is -3.16. The summed E-state index contributed by atoms with van der Waals surface area (Å²) in [5.74, 6) is 0.585. The lowest BCUT2D eigenvalue weighted by atomic mass is 9.94. The number of nitrogens with zero attached hydrogens (tertiary/aromatic N) is 3. The molecule has 6 rings (SSSR count). The van der Waals surface area contributed by atoms with Crippen molar-refractivity contribution in [3.8, 4) is 17.0 Å². The van der Waals surface area contributed by atoms with E-state index in [9.17, 15) is 9.90 Å². The lowest BCUT2D eigenvalue weighted by Crippen LogP contribution is -2.35. The number of aromatic nitrogens is 2. The molecule has 36 heavy (non-hydrogen) atoms. The number of carbonyl (C=O) groups is 1. The molecule has 1 N–H and O–H groups in total. The Morgan fingerprint density at radius 1 is 1.00 bits per heavy atom. The molecule has 1 saturated carbocycles. The van der Waals surface area contributed by atoms with Gasteiger partial charge in [-0.25, -0.2) is 4.68 Å². The zero-order valence-electron chi connectivity index (χ0n) is 20.5. The first-order valence-corrected chi connectivity index (χ1v) is 13.2. The van der Waals surface area contributed by atoms with Crippen molar-refractivity contribution in [1.29, 1.82) is 0 Å². The van der Waals surface area contributed by atoms with Gasteiger partial charge >= 0.3 is 0 Å². The van der Waals surface area contributed by atoms with Crippen LogP contribution in [0.3, 0.4) is 0 Å². The third-order valence-corrected chi connectivity index (χ3v) is 7.64. The largest absolute Gasteiger partial charge is 0.487 e. The number of rotatable bonds is 6. The molecule has 0 spiro atoms. The number of aliphatic hydroxyl groups excluding tert-OH is 1. The van der Waals surface area contributed by atoms with E-state index in [2.05, 4.69) is 29.4 Å². The fourth-order valence-electron chi connectivity index (χ4n) is 5.68. The minimum absolute atomic E-state index is 0.00436. The van der Waals surface area contributed by atoms with E-state index in [0.29, 0.717) is 24.4 Å². The minimum atomic E-state index is -0.471. The van der Waals surface area contributed by atoms with Crippen molar-refractivity contribution < 1.29 is 19.4 Å². The quantitative estimate of drug-likeness (QED) is 0.524. The number of aliphatic hydroxyl groups is 1. The highest BCUT2D eigenvalue weighted by Crippen LogP contribution is 2.35. The van der Waals surface area contributed by atoms with Gasteiger partial charge in [0.2, 0.25) is 0 Å². The second-order valence-electron chi connectivity index (χ2n) is 10.1. The molecule has 7 heteroatoms. The van der Waals surface area contributed by atoms with Crippen LogP contribution in [-0.4, -0.2) is 44.5 Å². The van der Waals surface area contributed by atoms with E-state index < -0.39 is 6.10 Å². The van der Waals surface area contributed by atoms with E-state index in [1.807, 2.05) is 40.0 Å². The SMILES string of the molecule is O=C1c2c(cccc2O[C@@H]2CCCC[C@H]2O)CN1Cc1ccc(-c2ccnn2C2CCCCO2)cc1. The van der Waals surface area contributed by atoms with Crippen molar-refractivity contribution in [2.24, 2.45) is 0 Å². The first-order chi connectivity index (χ1) is 17.7. The second kappa shape index (κ2) is 10.1. The summed E-state index contributed by atoms with van der Waals surface area (Å²) in [4.78, 5) is 15.2. The van der Waals surface area contributed by atoms with Crippen LogP contribution in [0.25, 0.3) is 11.3 Å². The molecule has 0 bridgehead atoms. The third kappa shape index (κ3) is 4.53. The Balaban J connectivity index is 1.15. The average molecular weight is 488 g/mol. The van der Waals surface area contributed by atoms with Gasteiger partial charge in [-0.15, -0.1) is 0 Å². The maximum atomic E-state index is 13.4. The molecule has 1 unspecified atom stereocenters. The lowest BCUT2D eigenvalue weighted by Gasteiger charge is -2.28. The number of benzene rings is 2. The Bertz CT molecular complexity index is 1220. The van der Waals surface area contributed by atoms with Crippen LogP contribution in [0, 0.1) is 0 Å². The zero-order valence-corrected chi connectivity index (χ0v) is 20.5. The van der Waals surface area contributed by atoms with Crippen LogP contribution in [0.5, 0.6) is 5.75 Å². The summed E-state index contributed by atoms with van der Waals surface area (Å²) < 4.78 is 14.1. The van der Waals surface area contributed by atoms with Gasteiger partial charge in [0.1, 0.15) is 11.9 Å². The fourth-order valence-corrected chi connectivity index (χ4v) is 5.68. The Morgan fingerprint density at radius 3 is 2.64 bits per heavy atom. The summed E-state index contributed by atoms with van der Waals surface area (Å²) in [6, 6.07) is 16.2. The van der Waals surface area contributed by atoms with E-state index in [-0.39, 0.29) is 18.2 Å². The molecule has 2 aromatic carbocycles. The van der Waals surface area contributed by atoms with Gasteiger partial charge in [-0.2, -0.15) is 5.10 Å². The third-order valence-electron chi connectivity index (χ3n) is 7.64. The van der Waals surface area contributed by atoms with Crippen LogP contribution in [0.4, 0.5) is 0 Å². The molecule has 3 aliphatic rings. The first-order valence-electron chi connectivity index (χ1n) is 13.2. The Kier molecular flexibility index (Phi) is 6.50. The van der Waals surface area contributed by atoms with Crippen LogP contribution in [0.1, 0.15) is 72.7 Å². The van der Waals surface area contributed by atoms with Gasteiger partial charge in [0, 0.05) is 25.9 Å². The number of ether oxygens (including phenoxy) is 2. The number of hydrogen-bond donors (Lipinski definition) is 1. The molecule has 1 amide bonds. The average Bonchev–Trinajstić information content (AvgIpc) is 3.52. The number of carbonyl (C=O) groups excluding carboxylic acids is 1. The maximum Gasteiger partial charge on any atom is 0.258 e. The van der Waals surface area contributed by atoms with Crippen molar-refractivity contribution >= 4 is 5.91 Å². The molecular formula is C29H33N3O4. The zero-order chi connectivity index (χ0) is 24.5. The lowest BCUT2D eigenvalue weighted by molar-refractivity contribution is -0.0383. The Labute approximate surface area is 211 Å². The van der Waals surface area contributed by atoms with E-state index in [1.54, 1.807) is 0 Å². The van der Waals surface area contributed by atoms with E-state index in [1.165, 1.54) is 0 Å². The van der Waals surface area contributed by atoms with Gasteiger partial charge in [0.05, 0.1) is 17.4 Å². The van der Waals surface area contributed by atoms with Crippen molar-refractivity contribution in [2.45, 2.75) is 76.5 Å². The van der Waals surface area contributed by atoms with Crippen LogP contribution < -0.4 is 4.74 Å². The topological polar surface area (TPSA) is 76.8 Å². The van der Waals surface area contributed by atoms with E-state index in [0.717, 1.165) is 73.9 Å². The monoisotopic (exact) mass is 487 g/mol. The maximum absolute atomic E-state index is 13.4. The van der Waals surface area contributed by atoms with E-state index in [4.69, 9.17) is 9.47 Å². The molecule has 188 valence electrons. The summed E-state index contributed by atoms with van der Waals surface area (Å²) in [5.41, 5.74) is 4.83. The van der Waals surface area contributed by atoms with Gasteiger partial charge in [-0.05, 0) is 67.3 Å². The molecule has 1 aliphatic carbocycles. The first kappa shape index (κ1) is 23.3. The predicted octanol–water partition coefficient (Wildman–Crippen LogP) is 5.09. The molecule has 3 heterocycles. The molecule has 1 aromatic heterocycles. The fraction of sp³-hybridized carbons (Fsp3) is 0.448. The Morgan fingerprint density at radius 2 is 1.83 bits per heavy atom. The van der Waals surface area contributed by atoms with Crippen LogP contribution in [0.2, 0.25) is 0 Å². The normalized spacial score (nSPS) is 24.1. The summed E-state index contributed by atoms with van der Waals surface area (Å²) in [6.07, 6.45) is 8.00. The van der Waals surface area contributed by atoms with Crippen molar-refractivity contribution in [3.05, 3.63) is 71.4 Å². The van der Waals surface area contributed by atoms with Crippen molar-refractivity contribution in [1.82, 2.24) is 14.7 Å². The van der Waals surface area contributed by atoms with Gasteiger partial charge in [0.15, 0.2) is 6.23 Å². The smallest absolute Gasteiger partial charge is 0.258 e. The molecule has 3 aromatic rings. The van der Waals surface area contributed by atoms with Crippen LogP contribution in [-0.2, 0) is 17.8 Å². The van der Waals surface area contributed by atoms with Crippen molar-refractivity contribution in [3.63, 3.8) is 0 Å². The second-order valence-corrected chi connectivity index (χ2v) is 10.1. The van der Waals surface area contributed by atoms with E-state index >= 15 is 0 Å². The van der Waals surface area contributed by atoms with Crippen LogP contribution in [0.15, 0.2) is 54.7 Å². The highest BCUT2D eigenvalue weighted by Gasteiger charge is 2.33.